The molecule has 3 N–H and O–H groups in total. The Morgan fingerprint density at radius 2 is 2.26 bits per heavy atom. The predicted molar refractivity (Wildman–Crippen MR) is 75.7 cm³/mol. The lowest BCUT2D eigenvalue weighted by molar-refractivity contribution is -0.0300. The zero-order valence-corrected chi connectivity index (χ0v) is 12.0. The van der Waals surface area contributed by atoms with E-state index in [4.69, 9.17) is 33.7 Å². The molecular weight excluding hydrogens is 287 g/mol. The first-order valence-electron chi connectivity index (χ1n) is 6.16. The smallest absolute Gasteiger partial charge is 0.253 e. The number of hydrogen-bond donors (Lipinski definition) is 2. The monoisotopic (exact) mass is 302 g/mol. The lowest BCUT2D eigenvalue weighted by Crippen LogP contribution is -2.64. The molecule has 1 saturated carbocycles. The van der Waals surface area contributed by atoms with Crippen LogP contribution in [-0.2, 0) is 4.74 Å². The number of carbonyl (C=O) groups excluding carboxylic acids is 1. The van der Waals surface area contributed by atoms with Crippen molar-refractivity contribution in [2.75, 3.05) is 6.61 Å². The van der Waals surface area contributed by atoms with Gasteiger partial charge in [-0.2, -0.15) is 0 Å². The van der Waals surface area contributed by atoms with Crippen LogP contribution in [0.25, 0.3) is 0 Å². The summed E-state index contributed by atoms with van der Waals surface area (Å²) in [5, 5.41) is 3.46. The summed E-state index contributed by atoms with van der Waals surface area (Å²) in [5.74, 6) is -0.280. The molecule has 0 aliphatic heterocycles. The van der Waals surface area contributed by atoms with Gasteiger partial charge >= 0.3 is 0 Å². The van der Waals surface area contributed by atoms with E-state index in [1.165, 1.54) is 0 Å². The van der Waals surface area contributed by atoms with E-state index in [1.54, 1.807) is 18.2 Å². The van der Waals surface area contributed by atoms with Crippen LogP contribution in [0.15, 0.2) is 18.2 Å². The molecule has 3 unspecified atom stereocenters. The van der Waals surface area contributed by atoms with Gasteiger partial charge in [0.2, 0.25) is 0 Å². The number of ether oxygens (including phenoxy) is 1. The maximum atomic E-state index is 12.2. The molecule has 4 nitrogen and oxygen atoms in total. The molecule has 19 heavy (non-hydrogen) atoms. The van der Waals surface area contributed by atoms with E-state index in [-0.39, 0.29) is 29.1 Å². The van der Waals surface area contributed by atoms with Gasteiger partial charge < -0.3 is 15.8 Å². The minimum Gasteiger partial charge on any atom is -0.376 e. The number of carbonyl (C=O) groups is 1. The van der Waals surface area contributed by atoms with Gasteiger partial charge in [0, 0.05) is 12.6 Å². The fourth-order valence-electron chi connectivity index (χ4n) is 2.14. The lowest BCUT2D eigenvalue weighted by atomic mass is 9.83. The summed E-state index contributed by atoms with van der Waals surface area (Å²) in [6.07, 6.45) is 0.726. The van der Waals surface area contributed by atoms with E-state index in [1.807, 2.05) is 6.92 Å². The third-order valence-electron chi connectivity index (χ3n) is 3.24. The highest BCUT2D eigenvalue weighted by Crippen LogP contribution is 2.27. The molecular formula is C13H16Cl2N2O2. The second kappa shape index (κ2) is 6.09. The predicted octanol–water partition coefficient (Wildman–Crippen LogP) is 2.23. The van der Waals surface area contributed by atoms with Crippen molar-refractivity contribution in [3.8, 4) is 0 Å². The molecule has 0 saturated heterocycles. The molecule has 0 spiro atoms. The molecule has 1 fully saturated rings. The Hall–Kier alpha value is -0.810. The van der Waals surface area contributed by atoms with Crippen LogP contribution >= 0.6 is 23.2 Å². The van der Waals surface area contributed by atoms with E-state index in [9.17, 15) is 4.79 Å². The Morgan fingerprint density at radius 3 is 2.89 bits per heavy atom. The van der Waals surface area contributed by atoms with Crippen molar-refractivity contribution in [1.82, 2.24) is 5.32 Å². The van der Waals surface area contributed by atoms with E-state index in [2.05, 4.69) is 5.32 Å². The molecule has 0 aromatic heterocycles. The molecule has 1 aromatic carbocycles. The Balaban J connectivity index is 2.06. The summed E-state index contributed by atoms with van der Waals surface area (Å²) in [4.78, 5) is 12.2. The standard InChI is InChI=1S/C13H16Cl2N2O2/c1-2-19-10-6-9(16)12(10)17-13(18)7-4-3-5-8(14)11(7)15/h3-5,9-10,12H,2,6,16H2,1H3,(H,17,18). The van der Waals surface area contributed by atoms with Gasteiger partial charge in [-0.3, -0.25) is 4.79 Å². The number of nitrogens with one attached hydrogen (secondary N) is 1. The molecule has 104 valence electrons. The second-order valence-electron chi connectivity index (χ2n) is 4.49. The first-order valence-corrected chi connectivity index (χ1v) is 6.92. The van der Waals surface area contributed by atoms with Crippen LogP contribution in [0.3, 0.4) is 0 Å². The number of hydrogen-bond acceptors (Lipinski definition) is 3. The van der Waals surface area contributed by atoms with Crippen LogP contribution in [-0.4, -0.2) is 30.7 Å². The van der Waals surface area contributed by atoms with Crippen LogP contribution < -0.4 is 11.1 Å². The third-order valence-corrected chi connectivity index (χ3v) is 4.06. The van der Waals surface area contributed by atoms with E-state index >= 15 is 0 Å². The molecule has 0 bridgehead atoms. The quantitative estimate of drug-likeness (QED) is 0.896. The van der Waals surface area contributed by atoms with E-state index < -0.39 is 0 Å². The van der Waals surface area contributed by atoms with Crippen molar-refractivity contribution in [3.05, 3.63) is 33.8 Å². The fraction of sp³-hybridized carbons (Fsp3) is 0.462. The van der Waals surface area contributed by atoms with Crippen LogP contribution in [0.4, 0.5) is 0 Å². The second-order valence-corrected chi connectivity index (χ2v) is 5.28. The van der Waals surface area contributed by atoms with Crippen molar-refractivity contribution in [1.29, 1.82) is 0 Å². The van der Waals surface area contributed by atoms with Gasteiger partial charge in [-0.25, -0.2) is 0 Å². The maximum absolute atomic E-state index is 12.2. The van der Waals surface area contributed by atoms with Crippen molar-refractivity contribution in [3.63, 3.8) is 0 Å². The van der Waals surface area contributed by atoms with Crippen LogP contribution in [0, 0.1) is 0 Å². The average molecular weight is 303 g/mol. The summed E-state index contributed by atoms with van der Waals surface area (Å²) in [6, 6.07) is 4.69. The Labute approximate surface area is 122 Å². The summed E-state index contributed by atoms with van der Waals surface area (Å²) < 4.78 is 5.50. The highest BCUT2D eigenvalue weighted by molar-refractivity contribution is 6.43. The molecule has 0 radical (unpaired) electrons. The van der Waals surface area contributed by atoms with Crippen molar-refractivity contribution >= 4 is 29.1 Å². The summed E-state index contributed by atoms with van der Waals surface area (Å²) >= 11 is 11.9. The normalized spacial score (nSPS) is 25.8. The minimum atomic E-state index is -0.280. The fourth-order valence-corrected chi connectivity index (χ4v) is 2.52. The van der Waals surface area contributed by atoms with Gasteiger partial charge in [0.25, 0.3) is 5.91 Å². The van der Waals surface area contributed by atoms with Crippen molar-refractivity contribution in [2.45, 2.75) is 31.5 Å². The first kappa shape index (κ1) is 14.6. The Kier molecular flexibility index (Phi) is 4.68. The van der Waals surface area contributed by atoms with Crippen molar-refractivity contribution in [2.24, 2.45) is 5.73 Å². The number of rotatable bonds is 4. The molecule has 1 aliphatic carbocycles. The Bertz CT molecular complexity index is 480. The maximum Gasteiger partial charge on any atom is 0.253 e. The molecule has 6 heteroatoms. The number of amides is 1. The van der Waals surface area contributed by atoms with E-state index in [0.29, 0.717) is 17.2 Å². The van der Waals surface area contributed by atoms with Crippen LogP contribution in [0.1, 0.15) is 23.7 Å². The summed E-state index contributed by atoms with van der Waals surface area (Å²) in [6.45, 7) is 2.51. The van der Waals surface area contributed by atoms with Gasteiger partial charge in [-0.1, -0.05) is 29.3 Å². The minimum absolute atomic E-state index is 0.0260. The highest BCUT2D eigenvalue weighted by Gasteiger charge is 2.40. The van der Waals surface area contributed by atoms with Crippen molar-refractivity contribution < 1.29 is 9.53 Å². The zero-order chi connectivity index (χ0) is 14.0. The molecule has 0 heterocycles. The average Bonchev–Trinajstić information content (AvgIpc) is 2.39. The lowest BCUT2D eigenvalue weighted by Gasteiger charge is -2.42. The molecule has 1 amide bonds. The molecule has 3 atom stereocenters. The molecule has 1 aromatic rings. The summed E-state index contributed by atoms with van der Waals surface area (Å²) in [5.41, 5.74) is 6.23. The Morgan fingerprint density at radius 1 is 1.53 bits per heavy atom. The van der Waals surface area contributed by atoms with Gasteiger partial charge in [-0.15, -0.1) is 0 Å². The van der Waals surface area contributed by atoms with Gasteiger partial charge in [0.05, 0.1) is 27.8 Å². The molecule has 2 rings (SSSR count). The number of halogens is 2. The van der Waals surface area contributed by atoms with Gasteiger partial charge in [-0.05, 0) is 25.5 Å². The van der Waals surface area contributed by atoms with Crippen LogP contribution in [0.5, 0.6) is 0 Å². The van der Waals surface area contributed by atoms with Crippen LogP contribution in [0.2, 0.25) is 10.0 Å². The first-order chi connectivity index (χ1) is 9.04. The largest absolute Gasteiger partial charge is 0.376 e. The van der Waals surface area contributed by atoms with E-state index in [0.717, 1.165) is 6.42 Å². The molecule has 1 aliphatic rings. The number of nitrogens with two attached hydrogens (primary N) is 1. The number of benzene rings is 1. The topological polar surface area (TPSA) is 64.3 Å². The summed E-state index contributed by atoms with van der Waals surface area (Å²) in [7, 11) is 0. The SMILES string of the molecule is CCOC1CC(N)C1NC(=O)c1cccc(Cl)c1Cl. The van der Waals surface area contributed by atoms with Gasteiger partial charge in [0.15, 0.2) is 0 Å². The van der Waals surface area contributed by atoms with Gasteiger partial charge in [0.1, 0.15) is 0 Å². The zero-order valence-electron chi connectivity index (χ0n) is 10.5. The third kappa shape index (κ3) is 3.03. The highest BCUT2D eigenvalue weighted by atomic mass is 35.5.